The number of aryl methyl sites for hydroxylation is 2. The molecule has 0 saturated heterocycles. The molecule has 226 valence electrons. The van der Waals surface area contributed by atoms with Crippen molar-refractivity contribution in [2.75, 3.05) is 30.6 Å². The summed E-state index contributed by atoms with van der Waals surface area (Å²) in [5, 5.41) is 12.2. The zero-order valence-corrected chi connectivity index (χ0v) is 26.5. The highest BCUT2D eigenvalue weighted by molar-refractivity contribution is 7.99. The summed E-state index contributed by atoms with van der Waals surface area (Å²) in [5.74, 6) is 0.0935. The molecule has 0 heterocycles. The summed E-state index contributed by atoms with van der Waals surface area (Å²) in [7, 11) is -1.08. The predicted molar refractivity (Wildman–Crippen MR) is 170 cm³/mol. The van der Waals surface area contributed by atoms with Crippen LogP contribution in [0.15, 0.2) is 42.5 Å². The first-order chi connectivity index (χ1) is 19.5. The third kappa shape index (κ3) is 10.1. The first kappa shape index (κ1) is 33.1. The molecule has 2 atom stereocenters. The van der Waals surface area contributed by atoms with Gasteiger partial charge in [0.1, 0.15) is 15.9 Å². The molecule has 9 heteroatoms. The van der Waals surface area contributed by atoms with Crippen LogP contribution < -0.4 is 5.32 Å². The van der Waals surface area contributed by atoms with Gasteiger partial charge in [0.2, 0.25) is 0 Å². The Hall–Kier alpha value is -2.36. The quantitative estimate of drug-likeness (QED) is 0.274. The van der Waals surface area contributed by atoms with Gasteiger partial charge in [0.15, 0.2) is 0 Å². The minimum absolute atomic E-state index is 0.191. The standard InChI is InChI=1S/C32H46N2O5S2/c1-5-40-22-26(34(3)25-12-7-6-8-13-25)17-15-24-16-18-28(29(21-24)27-14-10-9-11-23(27)2)31(35)33-30(32(36)37)19-20-41(4,38)39/h9-11,14,16,18,21,25-26,30H,5-8,12-13,15,17,19-20,22H2,1-4H3,(H,33,35)(H,36,37)/t26?,30-/m0/s1. The maximum Gasteiger partial charge on any atom is 0.326 e. The van der Waals surface area contributed by atoms with Gasteiger partial charge in [-0.25, -0.2) is 13.2 Å². The summed E-state index contributed by atoms with van der Waals surface area (Å²) in [6, 6.07) is 13.5. The molecule has 1 unspecified atom stereocenters. The summed E-state index contributed by atoms with van der Waals surface area (Å²) in [4.78, 5) is 27.8. The van der Waals surface area contributed by atoms with Crippen LogP contribution in [0.1, 0.15) is 73.4 Å². The number of hydrogen-bond donors (Lipinski definition) is 2. The zero-order chi connectivity index (χ0) is 30.0. The smallest absolute Gasteiger partial charge is 0.326 e. The average Bonchev–Trinajstić information content (AvgIpc) is 2.95. The maximum absolute atomic E-state index is 13.4. The maximum atomic E-state index is 13.4. The van der Waals surface area contributed by atoms with E-state index >= 15 is 0 Å². The summed E-state index contributed by atoms with van der Waals surface area (Å²) < 4.78 is 23.2. The lowest BCUT2D eigenvalue weighted by Gasteiger charge is -2.37. The number of benzene rings is 2. The Morgan fingerprint density at radius 1 is 1.07 bits per heavy atom. The second kappa shape index (κ2) is 15.8. The van der Waals surface area contributed by atoms with E-state index in [4.69, 9.17) is 0 Å². The topological polar surface area (TPSA) is 104 Å². The lowest BCUT2D eigenvalue weighted by molar-refractivity contribution is -0.139. The van der Waals surface area contributed by atoms with Crippen LogP contribution in [0.2, 0.25) is 0 Å². The molecule has 2 N–H and O–H groups in total. The van der Waals surface area contributed by atoms with E-state index in [-0.39, 0.29) is 12.2 Å². The van der Waals surface area contributed by atoms with Crippen LogP contribution in [0.25, 0.3) is 11.1 Å². The fraction of sp³-hybridized carbons (Fsp3) is 0.562. The van der Waals surface area contributed by atoms with Gasteiger partial charge in [-0.05, 0) is 80.1 Å². The number of nitrogens with zero attached hydrogens (tertiary/aromatic N) is 1. The molecule has 41 heavy (non-hydrogen) atoms. The lowest BCUT2D eigenvalue weighted by atomic mass is 9.91. The molecule has 0 radical (unpaired) electrons. The Morgan fingerprint density at radius 3 is 2.41 bits per heavy atom. The van der Waals surface area contributed by atoms with Gasteiger partial charge < -0.3 is 10.4 Å². The van der Waals surface area contributed by atoms with Gasteiger partial charge in [0.25, 0.3) is 5.91 Å². The van der Waals surface area contributed by atoms with Crippen molar-refractivity contribution in [2.45, 2.75) is 83.3 Å². The molecule has 1 fully saturated rings. The van der Waals surface area contributed by atoms with Crippen molar-refractivity contribution in [3.8, 4) is 11.1 Å². The lowest BCUT2D eigenvalue weighted by Crippen LogP contribution is -2.43. The molecule has 1 aliphatic rings. The van der Waals surface area contributed by atoms with Crippen LogP contribution >= 0.6 is 11.8 Å². The molecule has 1 saturated carbocycles. The van der Waals surface area contributed by atoms with E-state index in [0.717, 1.165) is 52.9 Å². The van der Waals surface area contributed by atoms with Crippen molar-refractivity contribution in [1.29, 1.82) is 0 Å². The fourth-order valence-corrected chi connectivity index (χ4v) is 7.22. The molecule has 2 aromatic rings. The minimum atomic E-state index is -3.37. The third-order valence-corrected chi connectivity index (χ3v) is 10.2. The Balaban J connectivity index is 1.86. The summed E-state index contributed by atoms with van der Waals surface area (Å²) in [5.41, 5.74) is 4.20. The van der Waals surface area contributed by atoms with Crippen molar-refractivity contribution in [1.82, 2.24) is 10.2 Å². The first-order valence-corrected chi connectivity index (χ1v) is 17.9. The van der Waals surface area contributed by atoms with Crippen LogP contribution in [-0.4, -0.2) is 79.0 Å². The molecule has 0 spiro atoms. The zero-order valence-electron chi connectivity index (χ0n) is 24.9. The number of sulfone groups is 1. The largest absolute Gasteiger partial charge is 0.480 e. The predicted octanol–water partition coefficient (Wildman–Crippen LogP) is 5.60. The molecule has 2 aromatic carbocycles. The van der Waals surface area contributed by atoms with Gasteiger partial charge in [-0.15, -0.1) is 0 Å². The van der Waals surface area contributed by atoms with Gasteiger partial charge in [0, 0.05) is 29.7 Å². The molecule has 0 aliphatic heterocycles. The monoisotopic (exact) mass is 602 g/mol. The number of carbonyl (C=O) groups excluding carboxylic acids is 1. The summed E-state index contributed by atoms with van der Waals surface area (Å²) in [6.45, 7) is 4.20. The highest BCUT2D eigenvalue weighted by Crippen LogP contribution is 2.30. The molecule has 0 bridgehead atoms. The number of carboxylic acid groups (broad SMARTS) is 1. The van der Waals surface area contributed by atoms with Crippen molar-refractivity contribution in [3.63, 3.8) is 0 Å². The van der Waals surface area contributed by atoms with Crippen molar-refractivity contribution < 1.29 is 23.1 Å². The second-order valence-corrected chi connectivity index (χ2v) is 14.9. The first-order valence-electron chi connectivity index (χ1n) is 14.7. The van der Waals surface area contributed by atoms with Crippen molar-refractivity contribution in [2.24, 2.45) is 0 Å². The molecule has 0 aromatic heterocycles. The van der Waals surface area contributed by atoms with Gasteiger partial charge >= 0.3 is 5.97 Å². The van der Waals surface area contributed by atoms with Crippen molar-refractivity contribution in [3.05, 3.63) is 59.2 Å². The van der Waals surface area contributed by atoms with E-state index in [9.17, 15) is 23.1 Å². The third-order valence-electron chi connectivity index (χ3n) is 8.15. The molecule has 7 nitrogen and oxygen atoms in total. The Morgan fingerprint density at radius 2 is 1.78 bits per heavy atom. The molecular formula is C32H46N2O5S2. The molecule has 1 amide bonds. The number of rotatable bonds is 15. The van der Waals surface area contributed by atoms with E-state index in [0.29, 0.717) is 17.6 Å². The molecule has 3 rings (SSSR count). The highest BCUT2D eigenvalue weighted by atomic mass is 32.2. The summed E-state index contributed by atoms with van der Waals surface area (Å²) >= 11 is 1.99. The van der Waals surface area contributed by atoms with Crippen LogP contribution in [0.3, 0.4) is 0 Å². The van der Waals surface area contributed by atoms with Gasteiger partial charge in [-0.2, -0.15) is 11.8 Å². The van der Waals surface area contributed by atoms with E-state index in [1.807, 2.05) is 49.0 Å². The van der Waals surface area contributed by atoms with Crippen LogP contribution in [0.4, 0.5) is 0 Å². The number of carbonyl (C=O) groups is 2. The SMILES string of the molecule is CCSCC(CCc1ccc(C(=O)N[C@@H](CCS(C)(=O)=O)C(=O)O)c(-c2ccccc2C)c1)N(C)C1CCCCC1. The van der Waals surface area contributed by atoms with Gasteiger partial charge in [-0.1, -0.05) is 62.6 Å². The van der Waals surface area contributed by atoms with Crippen LogP contribution in [-0.2, 0) is 21.1 Å². The van der Waals surface area contributed by atoms with E-state index in [2.05, 4.69) is 30.3 Å². The molecule has 1 aliphatic carbocycles. The number of aliphatic carboxylic acids is 1. The second-order valence-electron chi connectivity index (χ2n) is 11.3. The fourth-order valence-electron chi connectivity index (χ4n) is 5.65. The number of hydrogen-bond acceptors (Lipinski definition) is 6. The normalized spacial score (nSPS) is 15.9. The van der Waals surface area contributed by atoms with E-state index in [1.165, 1.54) is 32.1 Å². The van der Waals surface area contributed by atoms with Crippen molar-refractivity contribution >= 4 is 33.5 Å². The van der Waals surface area contributed by atoms with E-state index in [1.54, 1.807) is 6.07 Å². The molecular weight excluding hydrogens is 556 g/mol. The number of amides is 1. The summed E-state index contributed by atoms with van der Waals surface area (Å²) in [6.07, 6.45) is 9.25. The number of thioether (sulfide) groups is 1. The number of carboxylic acids is 1. The van der Waals surface area contributed by atoms with Crippen LogP contribution in [0.5, 0.6) is 0 Å². The van der Waals surface area contributed by atoms with Crippen LogP contribution in [0, 0.1) is 6.92 Å². The van der Waals surface area contributed by atoms with Gasteiger partial charge in [-0.3, -0.25) is 9.69 Å². The average molecular weight is 603 g/mol. The van der Waals surface area contributed by atoms with E-state index < -0.39 is 27.8 Å². The Kier molecular flexibility index (Phi) is 12.7. The minimum Gasteiger partial charge on any atom is -0.480 e. The van der Waals surface area contributed by atoms with Gasteiger partial charge in [0.05, 0.1) is 5.75 Å². The Bertz CT molecular complexity index is 1270. The Labute approximate surface area is 250 Å². The number of nitrogens with one attached hydrogen (secondary N) is 1. The highest BCUT2D eigenvalue weighted by Gasteiger charge is 2.26.